The summed E-state index contributed by atoms with van der Waals surface area (Å²) in [7, 11) is -3.20. The zero-order chi connectivity index (χ0) is 74.7. The van der Waals surface area contributed by atoms with Gasteiger partial charge in [0.2, 0.25) is 0 Å². The van der Waals surface area contributed by atoms with Crippen LogP contribution in [-0.2, 0) is 65.4 Å². The van der Waals surface area contributed by atoms with Gasteiger partial charge in [0.05, 0.1) is 41.0 Å². The highest BCUT2D eigenvalue weighted by Crippen LogP contribution is 2.43. The van der Waals surface area contributed by atoms with Gasteiger partial charge in [0.1, 0.15) is 26.4 Å². The number of rotatable bonds is 77. The van der Waals surface area contributed by atoms with Crippen molar-refractivity contribution in [2.75, 3.05) is 73.9 Å². The molecule has 18 nitrogen and oxygen atoms in total. The number of nitrogens with two attached hydrogens (primary N) is 1. The van der Waals surface area contributed by atoms with Crippen molar-refractivity contribution in [3.05, 3.63) is 24.3 Å². The summed E-state index contributed by atoms with van der Waals surface area (Å²) in [5.41, 5.74) is 5.34. The van der Waals surface area contributed by atoms with Crippen molar-refractivity contribution in [1.82, 2.24) is 0 Å². The molecule has 0 bridgehead atoms. The number of phosphoric acid groups is 2. The molecule has 0 aliphatic carbocycles. The van der Waals surface area contributed by atoms with Crippen LogP contribution in [0.3, 0.4) is 0 Å². The second-order valence-corrected chi connectivity index (χ2v) is 32.1. The van der Waals surface area contributed by atoms with Crippen LogP contribution < -0.4 is 10.6 Å². The highest BCUT2D eigenvalue weighted by atomic mass is 31.2. The Labute approximate surface area is 619 Å². The molecule has 101 heavy (non-hydrogen) atoms. The number of likely N-dealkylation sites (N-methyl/N-ethyl adjacent to an activating group) is 1. The summed E-state index contributed by atoms with van der Waals surface area (Å²) in [6.07, 6.45) is 70.3. The molecule has 0 aromatic rings. The molecule has 4 atom stereocenters. The van der Waals surface area contributed by atoms with Gasteiger partial charge in [-0.1, -0.05) is 309 Å². The molecule has 0 heterocycles. The Hall–Kier alpha value is -2.50. The van der Waals surface area contributed by atoms with Gasteiger partial charge >= 0.3 is 31.7 Å². The SMILES string of the molecule is CCCCCCCC/C=C\CCCCCCCC(=O)OCC(COP(=O)(O)OCCN)OC(=O)CCCCCCC/C=C\CCCCCCCC.CCCCCCCCCCCCCCCC(=O)OC[C@H](COP(=O)([O-])OCC[N+](C)(C)C)OC(=O)CCCCCCCCCCCCCCC. The summed E-state index contributed by atoms with van der Waals surface area (Å²) in [5, 5.41) is 0. The van der Waals surface area contributed by atoms with Gasteiger partial charge in [-0.25, -0.2) is 4.57 Å². The molecule has 0 aromatic carbocycles. The Morgan fingerprint density at radius 1 is 0.356 bits per heavy atom. The fourth-order valence-electron chi connectivity index (χ4n) is 11.5. The highest BCUT2D eigenvalue weighted by molar-refractivity contribution is 7.47. The minimum absolute atomic E-state index is 0.0259. The summed E-state index contributed by atoms with van der Waals surface area (Å²) in [6.45, 7) is 7.95. The van der Waals surface area contributed by atoms with E-state index in [1.165, 1.54) is 218 Å². The minimum atomic E-state index is -4.61. The molecule has 0 rings (SSSR count). The van der Waals surface area contributed by atoms with Gasteiger partial charge in [0, 0.05) is 32.2 Å². The number of ether oxygens (including phenoxy) is 4. The minimum Gasteiger partial charge on any atom is -0.756 e. The lowest BCUT2D eigenvalue weighted by Gasteiger charge is -2.28. The fourth-order valence-corrected chi connectivity index (χ4v) is 13.0. The van der Waals surface area contributed by atoms with E-state index in [4.69, 9.17) is 42.8 Å². The van der Waals surface area contributed by atoms with Crippen LogP contribution in [0.15, 0.2) is 24.3 Å². The molecular weight excluding hydrogens is 1320 g/mol. The molecule has 20 heteroatoms. The van der Waals surface area contributed by atoms with Crippen LogP contribution in [0, 0.1) is 0 Å². The molecule has 3 unspecified atom stereocenters. The normalized spacial score (nSPS) is 13.6. The summed E-state index contributed by atoms with van der Waals surface area (Å²) in [6, 6.07) is 0. The first-order valence-electron chi connectivity index (χ1n) is 41.6. The van der Waals surface area contributed by atoms with Crippen molar-refractivity contribution in [3.63, 3.8) is 0 Å². The maximum atomic E-state index is 12.6. The second kappa shape index (κ2) is 75.7. The molecule has 0 aromatic heterocycles. The van der Waals surface area contributed by atoms with Crippen molar-refractivity contribution in [2.24, 2.45) is 5.73 Å². The quantitative estimate of drug-likeness (QED) is 0.0143. The number of esters is 4. The average molecular weight is 1480 g/mol. The van der Waals surface area contributed by atoms with E-state index in [9.17, 15) is 38.1 Å². The fraction of sp³-hybridized carbons (Fsp3) is 0.901. The average Bonchev–Trinajstić information content (AvgIpc) is 1.06. The molecule has 598 valence electrons. The summed E-state index contributed by atoms with van der Waals surface area (Å²) in [4.78, 5) is 72.2. The predicted octanol–water partition coefficient (Wildman–Crippen LogP) is 22.2. The summed E-state index contributed by atoms with van der Waals surface area (Å²) >= 11 is 0. The molecule has 0 aliphatic heterocycles. The Bertz CT molecular complexity index is 2010. The van der Waals surface area contributed by atoms with E-state index in [1.54, 1.807) is 0 Å². The van der Waals surface area contributed by atoms with Crippen molar-refractivity contribution >= 4 is 39.5 Å². The third kappa shape index (κ3) is 81.4. The number of nitrogens with zero attached hydrogens (tertiary/aromatic N) is 1. The molecule has 0 spiro atoms. The number of quaternary nitrogens is 1. The van der Waals surface area contributed by atoms with Crippen LogP contribution in [-0.4, -0.2) is 119 Å². The second-order valence-electron chi connectivity index (χ2n) is 29.2. The molecule has 0 saturated carbocycles. The van der Waals surface area contributed by atoms with Gasteiger partial charge in [-0.2, -0.15) is 0 Å². The van der Waals surface area contributed by atoms with Gasteiger partial charge < -0.3 is 48.0 Å². The van der Waals surface area contributed by atoms with Crippen molar-refractivity contribution in [2.45, 2.75) is 399 Å². The first-order valence-corrected chi connectivity index (χ1v) is 44.5. The number of hydrogen-bond donors (Lipinski definition) is 2. The lowest BCUT2D eigenvalue weighted by Crippen LogP contribution is -2.37. The molecule has 0 amide bonds. The van der Waals surface area contributed by atoms with E-state index < -0.39 is 59.0 Å². The smallest absolute Gasteiger partial charge is 0.472 e. The first-order chi connectivity index (χ1) is 48.8. The van der Waals surface area contributed by atoms with E-state index in [1.807, 2.05) is 21.1 Å². The molecule has 0 saturated heterocycles. The molecule has 0 aliphatic rings. The van der Waals surface area contributed by atoms with Crippen LogP contribution in [0.5, 0.6) is 0 Å². The Morgan fingerprint density at radius 3 is 0.891 bits per heavy atom. The predicted molar refractivity (Wildman–Crippen MR) is 414 cm³/mol. The first kappa shape index (κ1) is 101. The standard InChI is InChI=1S/C41H78NO8P.C40H80NO8P/c1-3-5-7-9-11-13-15-17-19-21-23-25-27-29-31-33-40(43)47-37-39(38-49-51(45,46)48-36-35-42)50-41(44)34-32-30-28-26-24-22-20-18-16-14-12-10-8-6-4-2;1-6-8-10-12-14-16-18-20-22-24-26-28-30-32-39(42)46-36-38(37-48-50(44,45)47-35-34-41(3,4)5)49-40(43)33-31-29-27-25-23-21-19-17-15-13-11-9-7-2/h17-20,39H,3-16,21-38,42H2,1-2H3,(H,45,46);38H,6-37H2,1-5H3/b19-17-,20-18-;/t;38-/m.1/s1. The van der Waals surface area contributed by atoms with Crippen LogP contribution >= 0.6 is 15.6 Å². The summed E-state index contributed by atoms with van der Waals surface area (Å²) in [5.74, 6) is -1.67. The maximum absolute atomic E-state index is 12.6. The van der Waals surface area contributed by atoms with Crippen molar-refractivity contribution in [3.8, 4) is 0 Å². The van der Waals surface area contributed by atoms with E-state index in [0.29, 0.717) is 23.9 Å². The van der Waals surface area contributed by atoms with Gasteiger partial charge in [-0.15, -0.1) is 0 Å². The van der Waals surface area contributed by atoms with Crippen LogP contribution in [0.4, 0.5) is 0 Å². The van der Waals surface area contributed by atoms with Gasteiger partial charge in [0.15, 0.2) is 12.2 Å². The van der Waals surface area contributed by atoms with Crippen LogP contribution in [0.25, 0.3) is 0 Å². The number of carbonyl (C=O) groups excluding carboxylic acids is 4. The molecular formula is C81H158N2O16P2. The monoisotopic (exact) mass is 1480 g/mol. The van der Waals surface area contributed by atoms with E-state index >= 15 is 0 Å². The zero-order valence-corrected chi connectivity index (χ0v) is 68.0. The van der Waals surface area contributed by atoms with Crippen molar-refractivity contribution < 1.29 is 79.6 Å². The number of hydrogen-bond acceptors (Lipinski definition) is 16. The number of unbranched alkanes of at least 4 members (excludes halogenated alkanes) is 46. The van der Waals surface area contributed by atoms with E-state index in [2.05, 4.69) is 52.0 Å². The number of phosphoric ester groups is 2. The van der Waals surface area contributed by atoms with Gasteiger partial charge in [0.25, 0.3) is 7.82 Å². The highest BCUT2D eigenvalue weighted by Gasteiger charge is 2.27. The van der Waals surface area contributed by atoms with E-state index in [-0.39, 0.29) is 64.6 Å². The van der Waals surface area contributed by atoms with E-state index in [0.717, 1.165) is 103 Å². The third-order valence-corrected chi connectivity index (χ3v) is 19.9. The van der Waals surface area contributed by atoms with Crippen LogP contribution in [0.1, 0.15) is 387 Å². The lowest BCUT2D eigenvalue weighted by atomic mass is 10.0. The molecule has 0 fully saturated rings. The molecule has 0 radical (unpaired) electrons. The largest absolute Gasteiger partial charge is 0.756 e. The van der Waals surface area contributed by atoms with Crippen molar-refractivity contribution in [1.29, 1.82) is 0 Å². The third-order valence-electron chi connectivity index (χ3n) is 17.9. The summed E-state index contributed by atoms with van der Waals surface area (Å²) < 4.78 is 66.5. The maximum Gasteiger partial charge on any atom is 0.472 e. The van der Waals surface area contributed by atoms with Crippen LogP contribution in [0.2, 0.25) is 0 Å². The topological polar surface area (TPSA) is 246 Å². The lowest BCUT2D eigenvalue weighted by molar-refractivity contribution is -0.870. The van der Waals surface area contributed by atoms with Gasteiger partial charge in [-0.3, -0.25) is 32.8 Å². The Kier molecular flexibility index (Phi) is 75.4. The molecule has 3 N–H and O–H groups in total. The Morgan fingerprint density at radius 2 is 0.614 bits per heavy atom. The number of allylic oxidation sites excluding steroid dienone is 4. The number of carbonyl (C=O) groups is 4. The van der Waals surface area contributed by atoms with Gasteiger partial charge in [-0.05, 0) is 77.0 Å². The zero-order valence-electron chi connectivity index (χ0n) is 66.2. The Balaban J connectivity index is 0.